The standard InChI is InChI=1S/C15H20N2O4.ClH/c1-3-21-13-5-4-8-17-14(10(2)16-15(13)17)12(20)7-6-11(19)9-18;/h4-5,8,11,18-19H,3,6-7,9H2,1-2H3;1H/t11-;/m0./s1. The lowest BCUT2D eigenvalue weighted by Crippen LogP contribution is -2.15. The maximum atomic E-state index is 12.3. The number of fused-ring (bicyclic) bond motifs is 1. The first kappa shape index (κ1) is 18.4. The van der Waals surface area contributed by atoms with Crippen molar-refractivity contribution >= 4 is 23.8 Å². The lowest BCUT2D eigenvalue weighted by atomic mass is 10.1. The molecular weight excluding hydrogens is 308 g/mol. The van der Waals surface area contributed by atoms with Gasteiger partial charge in [0.05, 0.1) is 25.0 Å². The summed E-state index contributed by atoms with van der Waals surface area (Å²) in [6, 6.07) is 3.62. The predicted molar refractivity (Wildman–Crippen MR) is 85.0 cm³/mol. The number of aliphatic hydroxyl groups is 2. The fourth-order valence-corrected chi connectivity index (χ4v) is 2.27. The molecule has 6 nitrogen and oxygen atoms in total. The second kappa shape index (κ2) is 8.12. The van der Waals surface area contributed by atoms with Gasteiger partial charge in [0.2, 0.25) is 0 Å². The second-order valence-corrected chi connectivity index (χ2v) is 4.84. The minimum atomic E-state index is -0.868. The molecule has 0 saturated carbocycles. The van der Waals surface area contributed by atoms with E-state index < -0.39 is 6.10 Å². The molecule has 0 aromatic carbocycles. The van der Waals surface area contributed by atoms with Gasteiger partial charge in [0.15, 0.2) is 17.2 Å². The molecule has 0 aliphatic heterocycles. The molecule has 0 aliphatic rings. The van der Waals surface area contributed by atoms with E-state index >= 15 is 0 Å². The van der Waals surface area contributed by atoms with E-state index in [1.807, 2.05) is 13.0 Å². The summed E-state index contributed by atoms with van der Waals surface area (Å²) in [5, 5.41) is 18.2. The molecule has 7 heteroatoms. The molecule has 122 valence electrons. The van der Waals surface area contributed by atoms with Crippen LogP contribution < -0.4 is 4.74 Å². The minimum Gasteiger partial charge on any atom is -0.490 e. The van der Waals surface area contributed by atoms with Crippen molar-refractivity contribution in [2.75, 3.05) is 13.2 Å². The zero-order valence-corrected chi connectivity index (χ0v) is 13.5. The Morgan fingerprint density at radius 2 is 2.23 bits per heavy atom. The number of nitrogens with zero attached hydrogens (tertiary/aromatic N) is 2. The summed E-state index contributed by atoms with van der Waals surface area (Å²) < 4.78 is 7.23. The summed E-state index contributed by atoms with van der Waals surface area (Å²) >= 11 is 0. The van der Waals surface area contributed by atoms with Crippen LogP contribution >= 0.6 is 12.4 Å². The number of aromatic nitrogens is 2. The summed E-state index contributed by atoms with van der Waals surface area (Å²) in [6.07, 6.45) is 1.29. The maximum absolute atomic E-state index is 12.3. The fraction of sp³-hybridized carbons (Fsp3) is 0.467. The van der Waals surface area contributed by atoms with Crippen molar-refractivity contribution in [1.82, 2.24) is 9.38 Å². The Hall–Kier alpha value is -1.63. The van der Waals surface area contributed by atoms with Gasteiger partial charge in [-0.05, 0) is 32.4 Å². The number of pyridine rings is 1. The monoisotopic (exact) mass is 328 g/mol. The molecule has 0 fully saturated rings. The number of hydrogen-bond acceptors (Lipinski definition) is 5. The van der Waals surface area contributed by atoms with E-state index in [1.165, 1.54) is 0 Å². The van der Waals surface area contributed by atoms with Crippen LogP contribution in [0.5, 0.6) is 5.75 Å². The highest BCUT2D eigenvalue weighted by atomic mass is 35.5. The quantitative estimate of drug-likeness (QED) is 0.757. The van der Waals surface area contributed by atoms with Gasteiger partial charge in [0.25, 0.3) is 0 Å². The molecule has 0 aliphatic carbocycles. The van der Waals surface area contributed by atoms with E-state index in [0.29, 0.717) is 29.4 Å². The number of halogens is 1. The summed E-state index contributed by atoms with van der Waals surface area (Å²) in [5.74, 6) is 0.527. The Morgan fingerprint density at radius 1 is 1.50 bits per heavy atom. The zero-order chi connectivity index (χ0) is 15.4. The third-order valence-electron chi connectivity index (χ3n) is 3.27. The molecule has 2 rings (SSSR count). The first-order valence-corrected chi connectivity index (χ1v) is 7.01. The molecule has 22 heavy (non-hydrogen) atoms. The van der Waals surface area contributed by atoms with E-state index in [9.17, 15) is 9.90 Å². The van der Waals surface area contributed by atoms with Crippen molar-refractivity contribution in [3.05, 3.63) is 29.7 Å². The van der Waals surface area contributed by atoms with Crippen LogP contribution in [0, 0.1) is 6.92 Å². The van der Waals surface area contributed by atoms with E-state index in [4.69, 9.17) is 9.84 Å². The first-order valence-electron chi connectivity index (χ1n) is 7.01. The summed E-state index contributed by atoms with van der Waals surface area (Å²) in [6.45, 7) is 3.85. The van der Waals surface area contributed by atoms with E-state index in [0.717, 1.165) is 0 Å². The molecular formula is C15H21ClN2O4. The van der Waals surface area contributed by atoms with Crippen LogP contribution in [0.3, 0.4) is 0 Å². The van der Waals surface area contributed by atoms with Crippen molar-refractivity contribution in [1.29, 1.82) is 0 Å². The largest absolute Gasteiger partial charge is 0.490 e. The topological polar surface area (TPSA) is 84.1 Å². The highest BCUT2D eigenvalue weighted by Gasteiger charge is 2.19. The molecule has 0 unspecified atom stereocenters. The maximum Gasteiger partial charge on any atom is 0.181 e. The van der Waals surface area contributed by atoms with Crippen molar-refractivity contribution in [2.45, 2.75) is 32.8 Å². The average Bonchev–Trinajstić information content (AvgIpc) is 2.82. The van der Waals surface area contributed by atoms with E-state index in [1.54, 1.807) is 23.6 Å². The fourth-order valence-electron chi connectivity index (χ4n) is 2.27. The number of aryl methyl sites for hydroxylation is 1. The first-order chi connectivity index (χ1) is 10.1. The van der Waals surface area contributed by atoms with Crippen LogP contribution in [0.4, 0.5) is 0 Å². The van der Waals surface area contributed by atoms with Gasteiger partial charge in [0.1, 0.15) is 5.69 Å². The molecule has 0 radical (unpaired) electrons. The Kier molecular flexibility index (Phi) is 6.80. The molecule has 2 N–H and O–H groups in total. The highest BCUT2D eigenvalue weighted by molar-refractivity contribution is 5.96. The molecule has 0 spiro atoms. The summed E-state index contributed by atoms with van der Waals surface area (Å²) in [5.41, 5.74) is 1.74. The van der Waals surface area contributed by atoms with Gasteiger partial charge in [-0.1, -0.05) is 0 Å². The Bertz CT molecular complexity index is 642. The second-order valence-electron chi connectivity index (χ2n) is 4.84. The molecule has 2 aromatic rings. The van der Waals surface area contributed by atoms with Gasteiger partial charge in [-0.25, -0.2) is 4.98 Å². The van der Waals surface area contributed by atoms with Crippen LogP contribution in [-0.2, 0) is 0 Å². The van der Waals surface area contributed by atoms with Crippen LogP contribution in [0.25, 0.3) is 5.65 Å². The van der Waals surface area contributed by atoms with E-state index in [-0.39, 0.29) is 37.6 Å². The predicted octanol–water partition coefficient (Wildman–Crippen LogP) is 1.78. The highest BCUT2D eigenvalue weighted by Crippen LogP contribution is 2.23. The van der Waals surface area contributed by atoms with Gasteiger partial charge in [-0.2, -0.15) is 0 Å². The average molecular weight is 329 g/mol. The SMILES string of the molecule is CCOc1cccn2c(C(=O)CC[C@H](O)CO)c(C)nc12.Cl. The van der Waals surface area contributed by atoms with Crippen LogP contribution in [-0.4, -0.2) is 44.7 Å². The molecule has 2 heterocycles. The van der Waals surface area contributed by atoms with Gasteiger partial charge < -0.3 is 14.9 Å². The Labute approximate surface area is 135 Å². The lowest BCUT2D eigenvalue weighted by molar-refractivity contribution is 0.0776. The number of ether oxygens (including phenoxy) is 1. The smallest absolute Gasteiger partial charge is 0.181 e. The number of imidazole rings is 1. The van der Waals surface area contributed by atoms with Crippen molar-refractivity contribution in [3.63, 3.8) is 0 Å². The number of Topliss-reactive ketones (excluding diaryl/α,β-unsaturated/α-hetero) is 1. The van der Waals surface area contributed by atoms with Crippen molar-refractivity contribution in [2.24, 2.45) is 0 Å². The van der Waals surface area contributed by atoms with Crippen LogP contribution in [0.2, 0.25) is 0 Å². The van der Waals surface area contributed by atoms with Gasteiger partial charge in [0, 0.05) is 12.6 Å². The number of hydrogen-bond donors (Lipinski definition) is 2. The number of aliphatic hydroxyl groups excluding tert-OH is 2. The lowest BCUT2D eigenvalue weighted by Gasteiger charge is -2.07. The number of carbonyl (C=O) groups is 1. The van der Waals surface area contributed by atoms with E-state index in [2.05, 4.69) is 4.98 Å². The number of carbonyl (C=O) groups excluding carboxylic acids is 1. The van der Waals surface area contributed by atoms with Crippen molar-refractivity contribution < 1.29 is 19.7 Å². The third kappa shape index (κ3) is 3.76. The third-order valence-corrected chi connectivity index (χ3v) is 3.27. The minimum absolute atomic E-state index is 0. The Balaban J connectivity index is 0.00000242. The molecule has 0 saturated heterocycles. The van der Waals surface area contributed by atoms with Gasteiger partial charge in [-0.15, -0.1) is 12.4 Å². The molecule has 0 bridgehead atoms. The number of rotatable bonds is 7. The molecule has 0 amide bonds. The van der Waals surface area contributed by atoms with Gasteiger partial charge in [-0.3, -0.25) is 9.20 Å². The normalized spacial score (nSPS) is 12.0. The van der Waals surface area contributed by atoms with Crippen LogP contribution in [0.15, 0.2) is 18.3 Å². The zero-order valence-electron chi connectivity index (χ0n) is 12.7. The number of ketones is 1. The van der Waals surface area contributed by atoms with Crippen LogP contribution in [0.1, 0.15) is 35.9 Å². The molecule has 2 aromatic heterocycles. The summed E-state index contributed by atoms with van der Waals surface area (Å²) in [7, 11) is 0. The Morgan fingerprint density at radius 3 is 2.86 bits per heavy atom. The summed E-state index contributed by atoms with van der Waals surface area (Å²) in [4.78, 5) is 16.7. The van der Waals surface area contributed by atoms with Crippen molar-refractivity contribution in [3.8, 4) is 5.75 Å². The van der Waals surface area contributed by atoms with Gasteiger partial charge >= 0.3 is 0 Å². The molecule has 1 atom stereocenters.